The minimum atomic E-state index is -0.268. The van der Waals surface area contributed by atoms with Crippen LogP contribution in [-0.4, -0.2) is 20.5 Å². The highest BCUT2D eigenvalue weighted by molar-refractivity contribution is 6.11. The van der Waals surface area contributed by atoms with Gasteiger partial charge in [0.2, 0.25) is 5.95 Å². The summed E-state index contributed by atoms with van der Waals surface area (Å²) in [7, 11) is 0. The minimum absolute atomic E-state index is 0.268. The van der Waals surface area contributed by atoms with Crippen LogP contribution < -0.4 is 5.32 Å². The van der Waals surface area contributed by atoms with Gasteiger partial charge >= 0.3 is 0 Å². The molecule has 114 valence electrons. The van der Waals surface area contributed by atoms with Gasteiger partial charge in [-0.3, -0.25) is 14.5 Å². The van der Waals surface area contributed by atoms with Gasteiger partial charge in [0.05, 0.1) is 5.56 Å². The molecule has 6 heteroatoms. The van der Waals surface area contributed by atoms with Crippen molar-refractivity contribution < 1.29 is 9.21 Å². The van der Waals surface area contributed by atoms with E-state index < -0.39 is 0 Å². The number of nitrogens with one attached hydrogen (secondary N) is 1. The van der Waals surface area contributed by atoms with E-state index in [1.807, 2.05) is 36.4 Å². The number of benzene rings is 1. The number of fused-ring (bicyclic) bond motifs is 2. The molecule has 0 fully saturated rings. The van der Waals surface area contributed by atoms with E-state index in [0.29, 0.717) is 22.7 Å². The minimum Gasteiger partial charge on any atom is -0.463 e. The van der Waals surface area contributed by atoms with Crippen LogP contribution in [-0.2, 0) is 6.42 Å². The van der Waals surface area contributed by atoms with Crippen molar-refractivity contribution in [2.45, 2.75) is 13.3 Å². The quantitative estimate of drug-likeness (QED) is 0.630. The van der Waals surface area contributed by atoms with Crippen molar-refractivity contribution >= 4 is 28.5 Å². The van der Waals surface area contributed by atoms with Gasteiger partial charge in [-0.15, -0.1) is 10.2 Å². The summed E-state index contributed by atoms with van der Waals surface area (Å²) < 4.78 is 7.19. The second-order valence-electron chi connectivity index (χ2n) is 5.24. The fourth-order valence-electron chi connectivity index (χ4n) is 2.57. The van der Waals surface area contributed by atoms with Crippen LogP contribution in [0.5, 0.6) is 0 Å². The molecule has 0 radical (unpaired) electrons. The maximum absolute atomic E-state index is 12.6. The SMILES string of the molecule is CCc1ccc2occ(C(=O)Nc3nnc4ccccn34)c2c1. The number of nitrogens with zero attached hydrogens (tertiary/aromatic N) is 3. The number of hydrogen-bond donors (Lipinski definition) is 1. The Morgan fingerprint density at radius 2 is 2.17 bits per heavy atom. The highest BCUT2D eigenvalue weighted by Gasteiger charge is 2.16. The summed E-state index contributed by atoms with van der Waals surface area (Å²) in [4.78, 5) is 12.6. The maximum Gasteiger partial charge on any atom is 0.261 e. The molecule has 0 unspecified atom stereocenters. The van der Waals surface area contributed by atoms with Gasteiger partial charge in [0.25, 0.3) is 5.91 Å². The predicted molar refractivity (Wildman–Crippen MR) is 86.5 cm³/mol. The monoisotopic (exact) mass is 306 g/mol. The van der Waals surface area contributed by atoms with Gasteiger partial charge in [-0.2, -0.15) is 0 Å². The van der Waals surface area contributed by atoms with Gasteiger partial charge in [-0.25, -0.2) is 0 Å². The normalized spacial score (nSPS) is 11.2. The van der Waals surface area contributed by atoms with Crippen LogP contribution in [0, 0.1) is 0 Å². The van der Waals surface area contributed by atoms with Gasteiger partial charge in [0.15, 0.2) is 5.65 Å². The molecule has 0 aliphatic carbocycles. The summed E-state index contributed by atoms with van der Waals surface area (Å²) in [5.74, 6) is 0.113. The number of aromatic nitrogens is 3. The lowest BCUT2D eigenvalue weighted by molar-refractivity contribution is 0.102. The molecule has 1 aromatic carbocycles. The van der Waals surface area contributed by atoms with E-state index in [9.17, 15) is 4.79 Å². The lowest BCUT2D eigenvalue weighted by Crippen LogP contribution is -2.13. The highest BCUT2D eigenvalue weighted by atomic mass is 16.3. The molecule has 0 aliphatic rings. The number of pyridine rings is 1. The van der Waals surface area contributed by atoms with Crippen LogP contribution in [0.25, 0.3) is 16.6 Å². The number of carbonyl (C=O) groups is 1. The summed E-state index contributed by atoms with van der Waals surface area (Å²) in [5.41, 5.74) is 3.01. The van der Waals surface area contributed by atoms with Crippen molar-refractivity contribution in [3.05, 3.63) is 60.0 Å². The Balaban J connectivity index is 1.72. The zero-order valence-electron chi connectivity index (χ0n) is 12.5. The number of amides is 1. The molecular formula is C17H14N4O2. The number of hydrogen-bond acceptors (Lipinski definition) is 4. The number of anilines is 1. The summed E-state index contributed by atoms with van der Waals surface area (Å²) in [6.07, 6.45) is 4.17. The second kappa shape index (κ2) is 5.24. The molecule has 0 atom stereocenters. The maximum atomic E-state index is 12.6. The summed E-state index contributed by atoms with van der Waals surface area (Å²) >= 11 is 0. The van der Waals surface area contributed by atoms with Gasteiger partial charge in [0, 0.05) is 11.6 Å². The molecule has 0 bridgehead atoms. The average Bonchev–Trinajstić information content (AvgIpc) is 3.18. The van der Waals surface area contributed by atoms with E-state index >= 15 is 0 Å². The molecule has 4 rings (SSSR count). The first-order valence-corrected chi connectivity index (χ1v) is 7.37. The van der Waals surface area contributed by atoms with Gasteiger partial charge in [-0.05, 0) is 36.2 Å². The third-order valence-electron chi connectivity index (χ3n) is 3.83. The van der Waals surface area contributed by atoms with Crippen molar-refractivity contribution in [1.82, 2.24) is 14.6 Å². The summed E-state index contributed by atoms with van der Waals surface area (Å²) in [6.45, 7) is 2.07. The third-order valence-corrected chi connectivity index (χ3v) is 3.83. The van der Waals surface area contributed by atoms with Crippen molar-refractivity contribution in [2.24, 2.45) is 0 Å². The second-order valence-corrected chi connectivity index (χ2v) is 5.24. The standard InChI is InChI=1S/C17H14N4O2/c1-2-11-6-7-14-12(9-11)13(10-23-14)16(22)18-17-20-19-15-5-3-4-8-21(15)17/h3-10H,2H2,1H3,(H,18,20,22). The zero-order valence-corrected chi connectivity index (χ0v) is 12.5. The van der Waals surface area contributed by atoms with E-state index in [2.05, 4.69) is 22.4 Å². The molecule has 23 heavy (non-hydrogen) atoms. The number of carbonyl (C=O) groups excluding carboxylic acids is 1. The Hall–Kier alpha value is -3.15. The Morgan fingerprint density at radius 3 is 3.04 bits per heavy atom. The molecule has 3 heterocycles. The Kier molecular flexibility index (Phi) is 3.08. The van der Waals surface area contributed by atoms with Crippen molar-refractivity contribution in [3.8, 4) is 0 Å². The number of rotatable bonds is 3. The van der Waals surface area contributed by atoms with Crippen LogP contribution in [0.1, 0.15) is 22.8 Å². The molecule has 1 amide bonds. The van der Waals surface area contributed by atoms with Crippen molar-refractivity contribution in [1.29, 1.82) is 0 Å². The third kappa shape index (κ3) is 2.24. The Labute approximate surface area is 131 Å². The van der Waals surface area contributed by atoms with Crippen molar-refractivity contribution in [3.63, 3.8) is 0 Å². The van der Waals surface area contributed by atoms with E-state index in [1.54, 1.807) is 10.6 Å². The van der Waals surface area contributed by atoms with E-state index in [1.165, 1.54) is 6.26 Å². The fourth-order valence-corrected chi connectivity index (χ4v) is 2.57. The Morgan fingerprint density at radius 1 is 1.26 bits per heavy atom. The summed E-state index contributed by atoms with van der Waals surface area (Å²) in [6, 6.07) is 11.4. The molecule has 0 aliphatic heterocycles. The lowest BCUT2D eigenvalue weighted by atomic mass is 10.1. The summed E-state index contributed by atoms with van der Waals surface area (Å²) in [5, 5.41) is 11.6. The number of furan rings is 1. The molecule has 6 nitrogen and oxygen atoms in total. The Bertz CT molecular complexity index is 1020. The first kappa shape index (κ1) is 13.5. The van der Waals surface area contributed by atoms with E-state index in [-0.39, 0.29) is 5.91 Å². The van der Waals surface area contributed by atoms with E-state index in [0.717, 1.165) is 17.4 Å². The average molecular weight is 306 g/mol. The van der Waals surface area contributed by atoms with Crippen LogP contribution in [0.3, 0.4) is 0 Å². The van der Waals surface area contributed by atoms with E-state index in [4.69, 9.17) is 4.42 Å². The lowest BCUT2D eigenvalue weighted by Gasteiger charge is -2.02. The highest BCUT2D eigenvalue weighted by Crippen LogP contribution is 2.23. The van der Waals surface area contributed by atoms with Gasteiger partial charge in [0.1, 0.15) is 11.8 Å². The first-order chi connectivity index (χ1) is 11.3. The van der Waals surface area contributed by atoms with Gasteiger partial charge < -0.3 is 4.42 Å². The van der Waals surface area contributed by atoms with Gasteiger partial charge in [-0.1, -0.05) is 19.1 Å². The first-order valence-electron chi connectivity index (χ1n) is 7.37. The smallest absolute Gasteiger partial charge is 0.261 e. The molecule has 0 saturated carbocycles. The predicted octanol–water partition coefficient (Wildman–Crippen LogP) is 3.29. The molecule has 0 spiro atoms. The van der Waals surface area contributed by atoms with Crippen molar-refractivity contribution in [2.75, 3.05) is 5.32 Å². The largest absolute Gasteiger partial charge is 0.463 e. The van der Waals surface area contributed by atoms with Crippen LogP contribution >= 0.6 is 0 Å². The molecule has 0 saturated heterocycles. The van der Waals surface area contributed by atoms with Crippen LogP contribution in [0.2, 0.25) is 0 Å². The topological polar surface area (TPSA) is 72.4 Å². The molecular weight excluding hydrogens is 292 g/mol. The molecule has 3 aromatic heterocycles. The zero-order chi connectivity index (χ0) is 15.8. The van der Waals surface area contributed by atoms with Crippen LogP contribution in [0.4, 0.5) is 5.95 Å². The fraction of sp³-hybridized carbons (Fsp3) is 0.118. The molecule has 4 aromatic rings. The van der Waals surface area contributed by atoms with Crippen LogP contribution in [0.15, 0.2) is 53.3 Å². The molecule has 1 N–H and O–H groups in total. The number of aryl methyl sites for hydroxylation is 1.